The molecule has 1 unspecified atom stereocenters. The molecule has 0 aliphatic carbocycles. The smallest absolute Gasteiger partial charge is 0.338 e. The number of hydrogen-bond acceptors (Lipinski definition) is 4. The van der Waals surface area contributed by atoms with Crippen molar-refractivity contribution in [3.8, 4) is 0 Å². The minimum Gasteiger partial charge on any atom is -0.451 e. The molecule has 3 rings (SSSR count). The number of rotatable bonds is 6. The fraction of sp³-hybridized carbons (Fsp3) is 0.150. The van der Waals surface area contributed by atoms with Crippen LogP contribution in [0.1, 0.15) is 33.2 Å². The van der Waals surface area contributed by atoms with Crippen LogP contribution in [0.2, 0.25) is 0 Å². The lowest BCUT2D eigenvalue weighted by Gasteiger charge is -2.12. The van der Waals surface area contributed by atoms with Crippen LogP contribution in [0.15, 0.2) is 67.0 Å². The van der Waals surface area contributed by atoms with Crippen molar-refractivity contribution >= 4 is 11.8 Å². The van der Waals surface area contributed by atoms with Gasteiger partial charge in [-0.05, 0) is 55.0 Å². The summed E-state index contributed by atoms with van der Waals surface area (Å²) in [5.74, 6) is -1.39. The van der Waals surface area contributed by atoms with Crippen LogP contribution in [0.3, 0.4) is 0 Å². The molecule has 0 amide bonds. The molecule has 26 heavy (non-hydrogen) atoms. The predicted octanol–water partition coefficient (Wildman–Crippen LogP) is 3.50. The Labute approximate surface area is 150 Å². The summed E-state index contributed by atoms with van der Waals surface area (Å²) in [5, 5.41) is 4.13. The van der Waals surface area contributed by atoms with Crippen molar-refractivity contribution in [1.29, 1.82) is 0 Å². The van der Waals surface area contributed by atoms with Crippen molar-refractivity contribution in [3.05, 3.63) is 89.5 Å². The van der Waals surface area contributed by atoms with Gasteiger partial charge in [0, 0.05) is 18.0 Å². The first kappa shape index (κ1) is 17.5. The number of halogens is 1. The molecule has 3 aromatic rings. The van der Waals surface area contributed by atoms with Gasteiger partial charge in [-0.1, -0.05) is 12.1 Å². The van der Waals surface area contributed by atoms with Gasteiger partial charge in [0.2, 0.25) is 5.78 Å². The second-order valence-electron chi connectivity index (χ2n) is 5.82. The van der Waals surface area contributed by atoms with E-state index in [2.05, 4.69) is 5.10 Å². The number of benzene rings is 2. The second-order valence-corrected chi connectivity index (χ2v) is 5.82. The topological polar surface area (TPSA) is 61.2 Å². The molecule has 0 bridgehead atoms. The van der Waals surface area contributed by atoms with Crippen molar-refractivity contribution in [1.82, 2.24) is 9.78 Å². The largest absolute Gasteiger partial charge is 0.451 e. The van der Waals surface area contributed by atoms with E-state index in [1.54, 1.807) is 23.0 Å². The number of esters is 1. The van der Waals surface area contributed by atoms with E-state index >= 15 is 0 Å². The molecule has 0 fully saturated rings. The first-order valence-electron chi connectivity index (χ1n) is 8.10. The number of carbonyl (C=O) groups is 2. The second kappa shape index (κ2) is 7.74. The molecule has 2 aromatic carbocycles. The number of hydrogen-bond donors (Lipinski definition) is 0. The summed E-state index contributed by atoms with van der Waals surface area (Å²) in [6.45, 7) is 2.09. The van der Waals surface area contributed by atoms with Gasteiger partial charge in [-0.3, -0.25) is 9.48 Å². The van der Waals surface area contributed by atoms with Gasteiger partial charge in [-0.25, -0.2) is 9.18 Å². The van der Waals surface area contributed by atoms with Crippen LogP contribution < -0.4 is 0 Å². The Morgan fingerprint density at radius 1 is 1.08 bits per heavy atom. The highest BCUT2D eigenvalue weighted by atomic mass is 19.1. The van der Waals surface area contributed by atoms with Gasteiger partial charge in [-0.2, -0.15) is 5.10 Å². The van der Waals surface area contributed by atoms with Crippen LogP contribution >= 0.6 is 0 Å². The van der Waals surface area contributed by atoms with Crippen LogP contribution in [0.5, 0.6) is 0 Å². The molecule has 132 valence electrons. The summed E-state index contributed by atoms with van der Waals surface area (Å²) in [6, 6.07) is 13.9. The monoisotopic (exact) mass is 352 g/mol. The summed E-state index contributed by atoms with van der Waals surface area (Å²) in [4.78, 5) is 24.5. The molecule has 0 N–H and O–H groups in total. The summed E-state index contributed by atoms with van der Waals surface area (Å²) in [5.41, 5.74) is 1.63. The molecule has 1 atom stereocenters. The van der Waals surface area contributed by atoms with Gasteiger partial charge < -0.3 is 4.74 Å². The number of carbonyl (C=O) groups excluding carboxylic acids is 2. The SMILES string of the molecule is CC(OC(=O)c1ccc(Cn2cccn2)cc1)C(=O)c1ccc(F)cc1. The van der Waals surface area contributed by atoms with Gasteiger partial charge in [0.15, 0.2) is 6.10 Å². The Balaban J connectivity index is 1.61. The number of nitrogens with zero attached hydrogens (tertiary/aromatic N) is 2. The Kier molecular flexibility index (Phi) is 5.22. The zero-order chi connectivity index (χ0) is 18.5. The third-order valence-electron chi connectivity index (χ3n) is 3.88. The fourth-order valence-electron chi connectivity index (χ4n) is 2.46. The Bertz CT molecular complexity index is 888. The maximum Gasteiger partial charge on any atom is 0.338 e. The first-order chi connectivity index (χ1) is 12.5. The highest BCUT2D eigenvalue weighted by Crippen LogP contribution is 2.12. The van der Waals surface area contributed by atoms with E-state index in [4.69, 9.17) is 4.74 Å². The Hall–Kier alpha value is -3.28. The van der Waals surface area contributed by atoms with Gasteiger partial charge in [0.25, 0.3) is 0 Å². The molecule has 0 saturated heterocycles. The van der Waals surface area contributed by atoms with Crippen LogP contribution in [-0.2, 0) is 11.3 Å². The predicted molar refractivity (Wildman–Crippen MR) is 93.4 cm³/mol. The van der Waals surface area contributed by atoms with Crippen molar-refractivity contribution in [2.75, 3.05) is 0 Å². The van der Waals surface area contributed by atoms with Crippen molar-refractivity contribution in [2.24, 2.45) is 0 Å². The quantitative estimate of drug-likeness (QED) is 0.503. The van der Waals surface area contributed by atoms with E-state index in [9.17, 15) is 14.0 Å². The molecular weight excluding hydrogens is 335 g/mol. The molecule has 0 aliphatic rings. The zero-order valence-corrected chi connectivity index (χ0v) is 14.1. The molecule has 0 saturated carbocycles. The van der Waals surface area contributed by atoms with Gasteiger partial charge in [0.05, 0.1) is 12.1 Å². The number of ether oxygens (including phenoxy) is 1. The maximum atomic E-state index is 12.9. The molecule has 5 nitrogen and oxygen atoms in total. The van der Waals surface area contributed by atoms with E-state index in [0.29, 0.717) is 17.7 Å². The summed E-state index contributed by atoms with van der Waals surface area (Å²) in [6.07, 6.45) is 2.59. The van der Waals surface area contributed by atoms with Crippen LogP contribution in [0.4, 0.5) is 4.39 Å². The lowest BCUT2D eigenvalue weighted by molar-refractivity contribution is 0.0319. The molecular formula is C20H17FN2O3. The minimum atomic E-state index is -0.961. The molecule has 1 aromatic heterocycles. The molecule has 0 aliphatic heterocycles. The first-order valence-corrected chi connectivity index (χ1v) is 8.10. The van der Waals surface area contributed by atoms with E-state index < -0.39 is 17.9 Å². The molecule has 0 radical (unpaired) electrons. The Morgan fingerprint density at radius 2 is 1.73 bits per heavy atom. The third-order valence-corrected chi connectivity index (χ3v) is 3.88. The standard InChI is InChI=1S/C20H17FN2O3/c1-14(19(24)16-7-9-18(21)10-8-16)26-20(25)17-5-3-15(4-6-17)13-23-12-2-11-22-23/h2-12,14H,13H2,1H3. The van der Waals surface area contributed by atoms with E-state index in [-0.39, 0.29) is 5.78 Å². The van der Waals surface area contributed by atoms with Crippen molar-refractivity contribution in [3.63, 3.8) is 0 Å². The zero-order valence-electron chi connectivity index (χ0n) is 14.1. The average molecular weight is 352 g/mol. The molecule has 1 heterocycles. The lowest BCUT2D eigenvalue weighted by Crippen LogP contribution is -2.24. The highest BCUT2D eigenvalue weighted by molar-refractivity contribution is 6.01. The molecule has 6 heteroatoms. The van der Waals surface area contributed by atoms with E-state index in [0.717, 1.165) is 5.56 Å². The number of ketones is 1. The summed E-state index contributed by atoms with van der Waals surface area (Å²) in [7, 11) is 0. The van der Waals surface area contributed by atoms with Crippen molar-refractivity contribution in [2.45, 2.75) is 19.6 Å². The Morgan fingerprint density at radius 3 is 2.35 bits per heavy atom. The summed E-state index contributed by atoms with van der Waals surface area (Å²) < 4.78 is 19.9. The normalized spacial score (nSPS) is 11.8. The maximum absolute atomic E-state index is 12.9. The lowest BCUT2D eigenvalue weighted by atomic mass is 10.1. The molecule has 0 spiro atoms. The minimum absolute atomic E-state index is 0.293. The van der Waals surface area contributed by atoms with Crippen molar-refractivity contribution < 1.29 is 18.7 Å². The van der Waals surface area contributed by atoms with Crippen LogP contribution in [-0.4, -0.2) is 27.6 Å². The third kappa shape index (κ3) is 4.22. The van der Waals surface area contributed by atoms with Gasteiger partial charge >= 0.3 is 5.97 Å². The number of Topliss-reactive ketones (excluding diaryl/α,β-unsaturated/α-hetero) is 1. The van der Waals surface area contributed by atoms with Gasteiger partial charge in [0.1, 0.15) is 5.82 Å². The van der Waals surface area contributed by atoms with E-state index in [1.807, 2.05) is 24.4 Å². The highest BCUT2D eigenvalue weighted by Gasteiger charge is 2.20. The number of aromatic nitrogens is 2. The summed E-state index contributed by atoms with van der Waals surface area (Å²) >= 11 is 0. The van der Waals surface area contributed by atoms with Gasteiger partial charge in [-0.15, -0.1) is 0 Å². The fourth-order valence-corrected chi connectivity index (χ4v) is 2.46. The van der Waals surface area contributed by atoms with Crippen LogP contribution in [0, 0.1) is 5.82 Å². The van der Waals surface area contributed by atoms with Crippen LogP contribution in [0.25, 0.3) is 0 Å². The average Bonchev–Trinajstić information content (AvgIpc) is 3.15. The van der Waals surface area contributed by atoms with E-state index in [1.165, 1.54) is 31.2 Å².